The molecule has 2 rings (SSSR count). The third-order valence-electron chi connectivity index (χ3n) is 3.51. The van der Waals surface area contributed by atoms with Gasteiger partial charge in [-0.1, -0.05) is 12.1 Å². The number of anilines is 1. The lowest BCUT2D eigenvalue weighted by Crippen LogP contribution is -2.50. The molecule has 0 atom stereocenters. The van der Waals surface area contributed by atoms with Gasteiger partial charge in [0.25, 0.3) is 0 Å². The zero-order valence-corrected chi connectivity index (χ0v) is 12.5. The highest BCUT2D eigenvalue weighted by atomic mass is 16.5. The van der Waals surface area contributed by atoms with Crippen molar-refractivity contribution in [3.05, 3.63) is 24.3 Å². The Kier molecular flexibility index (Phi) is 5.60. The first kappa shape index (κ1) is 16.1. The molecule has 7 heteroatoms. The highest BCUT2D eigenvalue weighted by molar-refractivity contribution is 5.78. The zero-order valence-electron chi connectivity index (χ0n) is 12.5. The summed E-state index contributed by atoms with van der Waals surface area (Å²) in [5.41, 5.74) is 1.01. The zero-order chi connectivity index (χ0) is 15.9. The van der Waals surface area contributed by atoms with Crippen molar-refractivity contribution >= 4 is 17.6 Å². The first-order valence-corrected chi connectivity index (χ1v) is 7.07. The minimum absolute atomic E-state index is 0.180. The molecule has 0 saturated carbocycles. The highest BCUT2D eigenvalue weighted by Crippen LogP contribution is 2.28. The van der Waals surface area contributed by atoms with Crippen LogP contribution in [-0.2, 0) is 14.3 Å². The Hall–Kier alpha value is -2.28. The molecule has 0 spiro atoms. The second-order valence-electron chi connectivity index (χ2n) is 4.93. The van der Waals surface area contributed by atoms with Crippen LogP contribution in [0.3, 0.4) is 0 Å². The van der Waals surface area contributed by atoms with Crippen LogP contribution in [0.25, 0.3) is 0 Å². The molecule has 1 heterocycles. The molecule has 0 radical (unpaired) electrons. The van der Waals surface area contributed by atoms with Gasteiger partial charge in [0, 0.05) is 26.2 Å². The van der Waals surface area contributed by atoms with Crippen molar-refractivity contribution in [1.29, 1.82) is 0 Å². The molecule has 1 aliphatic heterocycles. The lowest BCUT2D eigenvalue weighted by Gasteiger charge is -2.36. The molecule has 1 N–H and O–H groups in total. The summed E-state index contributed by atoms with van der Waals surface area (Å²) in [6.45, 7) is 1.91. The van der Waals surface area contributed by atoms with Gasteiger partial charge in [-0.3, -0.25) is 4.79 Å². The fourth-order valence-electron chi connectivity index (χ4n) is 2.40. The van der Waals surface area contributed by atoms with Gasteiger partial charge in [-0.2, -0.15) is 0 Å². The minimum atomic E-state index is -1.08. The highest BCUT2D eigenvalue weighted by Gasteiger charge is 2.22. The summed E-state index contributed by atoms with van der Waals surface area (Å²) in [6.07, 6.45) is 0. The van der Waals surface area contributed by atoms with E-state index in [1.807, 2.05) is 24.3 Å². The van der Waals surface area contributed by atoms with E-state index in [1.165, 1.54) is 0 Å². The van der Waals surface area contributed by atoms with Crippen molar-refractivity contribution in [1.82, 2.24) is 4.90 Å². The summed E-state index contributed by atoms with van der Waals surface area (Å²) in [5.74, 6) is -0.443. The van der Waals surface area contributed by atoms with E-state index in [-0.39, 0.29) is 12.5 Å². The topological polar surface area (TPSA) is 79.3 Å². The number of carboxylic acids is 1. The number of benzene rings is 1. The lowest BCUT2D eigenvalue weighted by atomic mass is 10.2. The average Bonchev–Trinajstić information content (AvgIpc) is 2.54. The van der Waals surface area contributed by atoms with Gasteiger partial charge in [-0.25, -0.2) is 4.79 Å². The molecule has 22 heavy (non-hydrogen) atoms. The SMILES string of the molecule is COc1ccccc1N1CCN(C(=O)COCC(=O)O)CC1. The molecule has 0 aromatic heterocycles. The summed E-state index contributed by atoms with van der Waals surface area (Å²) in [6, 6.07) is 7.77. The minimum Gasteiger partial charge on any atom is -0.495 e. The predicted octanol–water partition coefficient (Wildman–Crippen LogP) is 0.445. The van der Waals surface area contributed by atoms with Crippen LogP contribution in [0.1, 0.15) is 0 Å². The normalized spacial score (nSPS) is 14.8. The molecule has 0 bridgehead atoms. The van der Waals surface area contributed by atoms with Gasteiger partial charge < -0.3 is 24.4 Å². The van der Waals surface area contributed by atoms with Crippen molar-refractivity contribution in [2.24, 2.45) is 0 Å². The summed E-state index contributed by atoms with van der Waals surface area (Å²) in [4.78, 5) is 26.1. The maximum atomic E-state index is 11.9. The van der Waals surface area contributed by atoms with Crippen LogP contribution in [0.15, 0.2) is 24.3 Å². The molecule has 1 aromatic carbocycles. The smallest absolute Gasteiger partial charge is 0.329 e. The number of carbonyl (C=O) groups is 2. The van der Waals surface area contributed by atoms with Crippen LogP contribution in [-0.4, -0.2) is 68.4 Å². The number of piperazine rings is 1. The van der Waals surface area contributed by atoms with Gasteiger partial charge >= 0.3 is 5.97 Å². The summed E-state index contributed by atoms with van der Waals surface area (Å²) in [7, 11) is 1.64. The quantitative estimate of drug-likeness (QED) is 0.822. The van der Waals surface area contributed by atoms with Crippen molar-refractivity contribution in [2.75, 3.05) is 51.4 Å². The number of hydrogen-bond acceptors (Lipinski definition) is 5. The Balaban J connectivity index is 1.85. The number of methoxy groups -OCH3 is 1. The van der Waals surface area contributed by atoms with Crippen LogP contribution < -0.4 is 9.64 Å². The molecule has 7 nitrogen and oxygen atoms in total. The summed E-state index contributed by atoms with van der Waals surface area (Å²) in [5, 5.41) is 8.48. The Morgan fingerprint density at radius 1 is 1.14 bits per heavy atom. The molecule has 1 amide bonds. The fourth-order valence-corrected chi connectivity index (χ4v) is 2.40. The number of ether oxygens (including phenoxy) is 2. The van der Waals surface area contributed by atoms with Gasteiger partial charge in [0.05, 0.1) is 12.8 Å². The van der Waals surface area contributed by atoms with Gasteiger partial charge in [0.15, 0.2) is 0 Å². The van der Waals surface area contributed by atoms with Crippen LogP contribution in [0.2, 0.25) is 0 Å². The van der Waals surface area contributed by atoms with E-state index in [4.69, 9.17) is 14.6 Å². The fraction of sp³-hybridized carbons (Fsp3) is 0.467. The Morgan fingerprint density at radius 2 is 1.82 bits per heavy atom. The van der Waals surface area contributed by atoms with Crippen LogP contribution in [0.5, 0.6) is 5.75 Å². The third kappa shape index (κ3) is 4.11. The number of hydrogen-bond donors (Lipinski definition) is 1. The van der Waals surface area contributed by atoms with Crippen LogP contribution in [0.4, 0.5) is 5.69 Å². The number of carbonyl (C=O) groups excluding carboxylic acids is 1. The van der Waals surface area contributed by atoms with E-state index < -0.39 is 12.6 Å². The first-order valence-electron chi connectivity index (χ1n) is 7.07. The number of carboxylic acid groups (broad SMARTS) is 1. The second-order valence-corrected chi connectivity index (χ2v) is 4.93. The van der Waals surface area contributed by atoms with E-state index >= 15 is 0 Å². The summed E-state index contributed by atoms with van der Waals surface area (Å²) < 4.78 is 10.2. The second kappa shape index (κ2) is 7.65. The van der Waals surface area contributed by atoms with Crippen molar-refractivity contribution in [3.8, 4) is 5.75 Å². The molecule has 1 saturated heterocycles. The first-order chi connectivity index (χ1) is 10.6. The van der Waals surface area contributed by atoms with Gasteiger partial charge in [-0.05, 0) is 12.1 Å². The number of para-hydroxylation sites is 2. The third-order valence-corrected chi connectivity index (χ3v) is 3.51. The molecule has 1 aliphatic rings. The maximum Gasteiger partial charge on any atom is 0.329 e. The standard InChI is InChI=1S/C15H20N2O5/c1-21-13-5-3-2-4-12(13)16-6-8-17(9-7-16)14(18)10-22-11-15(19)20/h2-5H,6-11H2,1H3,(H,19,20). The van der Waals surface area contributed by atoms with E-state index in [9.17, 15) is 9.59 Å². The lowest BCUT2D eigenvalue weighted by molar-refractivity contribution is -0.145. The van der Waals surface area contributed by atoms with Gasteiger partial charge in [0.1, 0.15) is 19.0 Å². The monoisotopic (exact) mass is 308 g/mol. The Bertz CT molecular complexity index is 526. The van der Waals surface area contributed by atoms with Crippen molar-refractivity contribution in [2.45, 2.75) is 0 Å². The summed E-state index contributed by atoms with van der Waals surface area (Å²) >= 11 is 0. The van der Waals surface area contributed by atoms with E-state index in [0.29, 0.717) is 26.2 Å². The molecular weight excluding hydrogens is 288 g/mol. The number of nitrogens with zero attached hydrogens (tertiary/aromatic N) is 2. The number of amides is 1. The largest absolute Gasteiger partial charge is 0.495 e. The van der Waals surface area contributed by atoms with Crippen molar-refractivity contribution < 1.29 is 24.2 Å². The number of aliphatic carboxylic acids is 1. The van der Waals surface area contributed by atoms with Gasteiger partial charge in [0.2, 0.25) is 5.91 Å². The van der Waals surface area contributed by atoms with Gasteiger partial charge in [-0.15, -0.1) is 0 Å². The maximum absolute atomic E-state index is 11.9. The van der Waals surface area contributed by atoms with E-state index in [2.05, 4.69) is 4.90 Å². The Morgan fingerprint density at radius 3 is 2.45 bits per heavy atom. The molecule has 0 unspecified atom stereocenters. The molecule has 1 aromatic rings. The number of rotatable bonds is 6. The van der Waals surface area contributed by atoms with E-state index in [0.717, 1.165) is 11.4 Å². The molecular formula is C15H20N2O5. The predicted molar refractivity (Wildman–Crippen MR) is 80.2 cm³/mol. The van der Waals surface area contributed by atoms with Crippen LogP contribution >= 0.6 is 0 Å². The molecule has 1 fully saturated rings. The van der Waals surface area contributed by atoms with E-state index in [1.54, 1.807) is 12.0 Å². The molecule has 0 aliphatic carbocycles. The van der Waals surface area contributed by atoms with Crippen LogP contribution in [0, 0.1) is 0 Å². The Labute approximate surface area is 129 Å². The van der Waals surface area contributed by atoms with Crippen molar-refractivity contribution in [3.63, 3.8) is 0 Å². The average molecular weight is 308 g/mol. The molecule has 120 valence electrons.